The van der Waals surface area contributed by atoms with Gasteiger partial charge < -0.3 is 19.3 Å². The molecule has 2 heterocycles. The molecule has 1 aliphatic heterocycles. The van der Waals surface area contributed by atoms with Crippen LogP contribution in [0.2, 0.25) is 5.02 Å². The van der Waals surface area contributed by atoms with Crippen molar-refractivity contribution in [3.63, 3.8) is 0 Å². The maximum absolute atomic E-state index is 14.3. The van der Waals surface area contributed by atoms with Gasteiger partial charge in [0, 0.05) is 38.3 Å². The first-order chi connectivity index (χ1) is 20.1. The summed E-state index contributed by atoms with van der Waals surface area (Å²) in [5.41, 5.74) is 2.25. The van der Waals surface area contributed by atoms with Crippen molar-refractivity contribution in [1.82, 2.24) is 14.9 Å². The van der Waals surface area contributed by atoms with Gasteiger partial charge in [0.05, 0.1) is 29.1 Å². The monoisotopic (exact) mass is 591 g/mol. The largest absolute Gasteiger partial charge is 0.444 e. The van der Waals surface area contributed by atoms with Gasteiger partial charge in [0.15, 0.2) is 0 Å². The number of nitrogens with zero attached hydrogens (tertiary/aromatic N) is 5. The van der Waals surface area contributed by atoms with E-state index in [1.807, 2.05) is 73.1 Å². The van der Waals surface area contributed by atoms with Crippen LogP contribution in [-0.4, -0.2) is 59.4 Å². The van der Waals surface area contributed by atoms with Gasteiger partial charge in [-0.15, -0.1) is 0 Å². The number of methoxy groups -OCH3 is 1. The molecule has 1 fully saturated rings. The van der Waals surface area contributed by atoms with Crippen molar-refractivity contribution in [3.8, 4) is 17.3 Å². The topological polar surface area (TPSA) is 91.6 Å². The normalized spacial score (nSPS) is 14.2. The highest BCUT2D eigenvalue weighted by molar-refractivity contribution is 6.32. The molecule has 42 heavy (non-hydrogen) atoms. The van der Waals surface area contributed by atoms with E-state index >= 15 is 0 Å². The van der Waals surface area contributed by atoms with Crippen LogP contribution in [0.3, 0.4) is 0 Å². The summed E-state index contributed by atoms with van der Waals surface area (Å²) in [6, 6.07) is 14.1. The van der Waals surface area contributed by atoms with E-state index in [1.54, 1.807) is 13.2 Å². The highest BCUT2D eigenvalue weighted by atomic mass is 35.5. The summed E-state index contributed by atoms with van der Waals surface area (Å²) in [5, 5.41) is 9.33. The van der Waals surface area contributed by atoms with Crippen LogP contribution < -0.4 is 4.90 Å². The van der Waals surface area contributed by atoms with E-state index in [2.05, 4.69) is 9.97 Å². The first-order valence-electron chi connectivity index (χ1n) is 13.8. The van der Waals surface area contributed by atoms with E-state index in [9.17, 15) is 9.18 Å². The number of piperidine rings is 1. The van der Waals surface area contributed by atoms with Gasteiger partial charge >= 0.3 is 6.09 Å². The maximum Gasteiger partial charge on any atom is 0.410 e. The average Bonchev–Trinajstić information content (AvgIpc) is 2.96. The third-order valence-corrected chi connectivity index (χ3v) is 7.09. The molecule has 0 bridgehead atoms. The number of benzene rings is 2. The molecule has 0 spiro atoms. The van der Waals surface area contributed by atoms with E-state index in [1.165, 1.54) is 18.3 Å². The molecule has 0 aliphatic carbocycles. The second-order valence-electron chi connectivity index (χ2n) is 11.1. The van der Waals surface area contributed by atoms with Crippen LogP contribution in [0.15, 0.2) is 54.7 Å². The van der Waals surface area contributed by atoms with Crippen molar-refractivity contribution in [2.24, 2.45) is 0 Å². The van der Waals surface area contributed by atoms with Gasteiger partial charge in [0.25, 0.3) is 0 Å². The first-order valence-corrected chi connectivity index (χ1v) is 14.2. The predicted octanol–water partition coefficient (Wildman–Crippen LogP) is 6.87. The zero-order valence-electron chi connectivity index (χ0n) is 24.3. The van der Waals surface area contributed by atoms with Crippen LogP contribution in [0.4, 0.5) is 15.1 Å². The van der Waals surface area contributed by atoms with Crippen molar-refractivity contribution in [1.29, 1.82) is 5.26 Å². The van der Waals surface area contributed by atoms with Gasteiger partial charge in [-0.05, 0) is 56.9 Å². The zero-order chi connectivity index (χ0) is 30.3. The van der Waals surface area contributed by atoms with Gasteiger partial charge in [-0.2, -0.15) is 5.26 Å². The molecule has 8 nitrogen and oxygen atoms in total. The highest BCUT2D eigenvalue weighted by Gasteiger charge is 2.32. The fraction of sp³-hybridized carbons (Fsp3) is 0.375. The SMILES string of the molecule is COCC=Cc1ccc(CN(C(=O)OC(C)(C)C)C2CCN(c3ncc(Cl)c(-c4ccc(C#N)c(F)c4)n3)CC2)cc1. The fourth-order valence-corrected chi connectivity index (χ4v) is 4.92. The Kier molecular flexibility index (Phi) is 10.2. The Bertz CT molecular complexity index is 1460. The third kappa shape index (κ3) is 8.05. The Hall–Kier alpha value is -4.00. The molecule has 0 radical (unpaired) electrons. The number of hydrogen-bond donors (Lipinski definition) is 0. The van der Waals surface area contributed by atoms with E-state index in [-0.39, 0.29) is 22.7 Å². The minimum Gasteiger partial charge on any atom is -0.444 e. The maximum atomic E-state index is 14.3. The molecular formula is C32H35ClFN5O3. The van der Waals surface area contributed by atoms with Gasteiger partial charge in [-0.1, -0.05) is 54.1 Å². The lowest BCUT2D eigenvalue weighted by molar-refractivity contribution is 0.0113. The van der Waals surface area contributed by atoms with Crippen molar-refractivity contribution in [2.75, 3.05) is 31.7 Å². The number of rotatable bonds is 8. The number of halogens is 2. The van der Waals surface area contributed by atoms with E-state index < -0.39 is 11.4 Å². The standard InChI is InChI=1S/C32H35ClFN5O3/c1-32(2,3)42-31(40)39(21-23-9-7-22(8-10-23)6-5-17-41-4)26-13-15-38(16-14-26)30-36-20-27(33)29(37-30)24-11-12-25(19-35)28(34)18-24/h5-12,18,20,26H,13-17,21H2,1-4H3. The number of anilines is 1. The molecule has 0 N–H and O–H groups in total. The number of carbonyl (C=O) groups is 1. The van der Waals surface area contributed by atoms with E-state index in [0.717, 1.165) is 11.1 Å². The summed E-state index contributed by atoms with van der Waals surface area (Å²) >= 11 is 6.37. The molecule has 2 aromatic carbocycles. The second-order valence-corrected chi connectivity index (χ2v) is 11.5. The number of aromatic nitrogens is 2. The van der Waals surface area contributed by atoms with Crippen LogP contribution in [0.1, 0.15) is 50.3 Å². The van der Waals surface area contributed by atoms with E-state index in [4.69, 9.17) is 26.3 Å². The Labute approximate surface area is 251 Å². The van der Waals surface area contributed by atoms with Crippen LogP contribution in [0.5, 0.6) is 0 Å². The Morgan fingerprint density at radius 2 is 1.93 bits per heavy atom. The second kappa shape index (κ2) is 13.8. The Morgan fingerprint density at radius 1 is 1.21 bits per heavy atom. The van der Waals surface area contributed by atoms with Crippen LogP contribution in [0, 0.1) is 17.1 Å². The summed E-state index contributed by atoms with van der Waals surface area (Å²) < 4.78 is 25.1. The lowest BCUT2D eigenvalue weighted by atomic mass is 10.0. The smallest absolute Gasteiger partial charge is 0.410 e. The fourth-order valence-electron chi connectivity index (χ4n) is 4.72. The Morgan fingerprint density at radius 3 is 2.55 bits per heavy atom. The third-order valence-electron chi connectivity index (χ3n) is 6.82. The predicted molar refractivity (Wildman–Crippen MR) is 162 cm³/mol. The molecule has 1 aliphatic rings. The van der Waals surface area contributed by atoms with E-state index in [0.29, 0.717) is 56.3 Å². The molecule has 1 amide bonds. The quantitative estimate of drug-likeness (QED) is 0.282. The lowest BCUT2D eigenvalue weighted by Gasteiger charge is -2.39. The lowest BCUT2D eigenvalue weighted by Crippen LogP contribution is -2.48. The summed E-state index contributed by atoms with van der Waals surface area (Å²) in [5.74, 6) is -0.162. The van der Waals surface area contributed by atoms with Crippen molar-refractivity contribution >= 4 is 29.7 Å². The van der Waals surface area contributed by atoms with Crippen LogP contribution >= 0.6 is 11.6 Å². The van der Waals surface area contributed by atoms with Crippen LogP contribution in [0.25, 0.3) is 17.3 Å². The molecule has 1 aromatic heterocycles. The van der Waals surface area contributed by atoms with Crippen LogP contribution in [-0.2, 0) is 16.0 Å². The number of carbonyl (C=O) groups excluding carboxylic acids is 1. The molecule has 0 atom stereocenters. The van der Waals surface area contributed by atoms with Crippen molar-refractivity contribution in [2.45, 2.75) is 51.8 Å². The van der Waals surface area contributed by atoms with Crippen molar-refractivity contribution < 1.29 is 18.7 Å². The molecular weight excluding hydrogens is 557 g/mol. The molecule has 1 saturated heterocycles. The molecule has 0 saturated carbocycles. The first kappa shape index (κ1) is 30.9. The Balaban J connectivity index is 1.49. The molecule has 10 heteroatoms. The van der Waals surface area contributed by atoms with Gasteiger partial charge in [0.1, 0.15) is 17.5 Å². The summed E-state index contributed by atoms with van der Waals surface area (Å²) in [7, 11) is 1.66. The average molecular weight is 592 g/mol. The number of amides is 1. The van der Waals surface area contributed by atoms with Gasteiger partial charge in [-0.3, -0.25) is 0 Å². The number of hydrogen-bond acceptors (Lipinski definition) is 7. The summed E-state index contributed by atoms with van der Waals surface area (Å²) in [4.78, 5) is 26.2. The minimum atomic E-state index is -0.633. The summed E-state index contributed by atoms with van der Waals surface area (Å²) in [6.45, 7) is 7.77. The zero-order valence-corrected chi connectivity index (χ0v) is 25.1. The van der Waals surface area contributed by atoms with Crippen molar-refractivity contribution in [3.05, 3.63) is 82.3 Å². The summed E-state index contributed by atoms with van der Waals surface area (Å²) in [6.07, 6.45) is 6.47. The molecule has 3 aromatic rings. The molecule has 4 rings (SSSR count). The van der Waals surface area contributed by atoms with Gasteiger partial charge in [-0.25, -0.2) is 19.2 Å². The number of nitriles is 1. The number of ether oxygens (including phenoxy) is 2. The van der Waals surface area contributed by atoms with Gasteiger partial charge in [0.2, 0.25) is 5.95 Å². The molecule has 0 unspecified atom stereocenters. The minimum absolute atomic E-state index is 0.0447. The highest BCUT2D eigenvalue weighted by Crippen LogP contribution is 2.30. The molecule has 220 valence electrons.